The summed E-state index contributed by atoms with van der Waals surface area (Å²) in [5.41, 5.74) is -0.732. The lowest BCUT2D eigenvalue weighted by molar-refractivity contribution is -0.171. The number of aliphatic hydroxyl groups excluding tert-OH is 1. The Labute approximate surface area is 108 Å². The molecule has 0 radical (unpaired) electrons. The predicted molar refractivity (Wildman–Crippen MR) is 53.0 cm³/mol. The molecule has 0 spiro atoms. The maximum atomic E-state index is 13.2. The van der Waals surface area contributed by atoms with E-state index in [0.717, 1.165) is 0 Å². The number of ether oxygens (including phenoxy) is 1. The Morgan fingerprint density at radius 2 is 1.70 bits per heavy atom. The standard InChI is InChI=1S/C11H9F7O2/c12-6-2-1-5(8(13)9(6)14)7(19)3-20-4-11(17,18)10(15)16/h1-2,7,10,19H,3-4H2. The van der Waals surface area contributed by atoms with Crippen molar-refractivity contribution in [2.75, 3.05) is 13.2 Å². The lowest BCUT2D eigenvalue weighted by Crippen LogP contribution is -2.33. The number of benzene rings is 1. The molecule has 0 saturated heterocycles. The normalized spacial score (nSPS) is 13.8. The predicted octanol–water partition coefficient (Wildman–Crippen LogP) is 3.05. The largest absolute Gasteiger partial charge is 0.386 e. The number of alkyl halides is 4. The Bertz CT molecular complexity index is 464. The first kappa shape index (κ1) is 16.7. The average Bonchev–Trinajstić information content (AvgIpc) is 2.35. The van der Waals surface area contributed by atoms with Crippen molar-refractivity contribution >= 4 is 0 Å². The molecule has 114 valence electrons. The van der Waals surface area contributed by atoms with Gasteiger partial charge in [-0.15, -0.1) is 0 Å². The van der Waals surface area contributed by atoms with Crippen LogP contribution in [-0.2, 0) is 4.74 Å². The van der Waals surface area contributed by atoms with Crippen molar-refractivity contribution in [1.29, 1.82) is 0 Å². The van der Waals surface area contributed by atoms with Crippen LogP contribution in [0.1, 0.15) is 11.7 Å². The number of rotatable bonds is 6. The van der Waals surface area contributed by atoms with Gasteiger partial charge in [0.1, 0.15) is 12.7 Å². The molecule has 1 unspecified atom stereocenters. The minimum atomic E-state index is -4.42. The van der Waals surface area contributed by atoms with Crippen LogP contribution in [0.2, 0.25) is 0 Å². The van der Waals surface area contributed by atoms with Gasteiger partial charge < -0.3 is 9.84 Å². The van der Waals surface area contributed by atoms with E-state index in [-0.39, 0.29) is 0 Å². The van der Waals surface area contributed by atoms with Gasteiger partial charge in [0.05, 0.1) is 6.61 Å². The number of hydrogen-bond acceptors (Lipinski definition) is 2. The zero-order valence-corrected chi connectivity index (χ0v) is 9.72. The lowest BCUT2D eigenvalue weighted by Gasteiger charge is -2.17. The molecule has 9 heteroatoms. The molecule has 0 amide bonds. The van der Waals surface area contributed by atoms with Crippen LogP contribution in [-0.4, -0.2) is 30.7 Å². The SMILES string of the molecule is OC(COCC(F)(F)C(F)F)c1ccc(F)c(F)c1F. The highest BCUT2D eigenvalue weighted by atomic mass is 19.3. The summed E-state index contributed by atoms with van der Waals surface area (Å²) >= 11 is 0. The van der Waals surface area contributed by atoms with Crippen LogP contribution in [0.4, 0.5) is 30.7 Å². The number of hydrogen-bond donors (Lipinski definition) is 1. The molecule has 0 fully saturated rings. The molecule has 1 N–H and O–H groups in total. The van der Waals surface area contributed by atoms with Gasteiger partial charge in [-0.1, -0.05) is 6.07 Å². The smallest absolute Gasteiger partial charge is 0.330 e. The summed E-state index contributed by atoms with van der Waals surface area (Å²) in [6, 6.07) is 1.21. The van der Waals surface area contributed by atoms with Gasteiger partial charge in [-0.3, -0.25) is 0 Å². The van der Waals surface area contributed by atoms with Crippen LogP contribution in [0.25, 0.3) is 0 Å². The zero-order chi connectivity index (χ0) is 15.5. The van der Waals surface area contributed by atoms with E-state index in [1.807, 2.05) is 0 Å². The minimum Gasteiger partial charge on any atom is -0.386 e. The van der Waals surface area contributed by atoms with Crippen LogP contribution in [0, 0.1) is 17.5 Å². The monoisotopic (exact) mass is 306 g/mol. The van der Waals surface area contributed by atoms with Crippen LogP contribution in [0.3, 0.4) is 0 Å². The summed E-state index contributed by atoms with van der Waals surface area (Å²) in [6.07, 6.45) is -5.86. The van der Waals surface area contributed by atoms with Gasteiger partial charge in [0, 0.05) is 5.56 Å². The molecule has 20 heavy (non-hydrogen) atoms. The van der Waals surface area contributed by atoms with Gasteiger partial charge in [-0.05, 0) is 6.07 Å². The van der Waals surface area contributed by atoms with Crippen molar-refractivity contribution in [3.05, 3.63) is 35.1 Å². The van der Waals surface area contributed by atoms with Gasteiger partial charge >= 0.3 is 12.3 Å². The highest BCUT2D eigenvalue weighted by Crippen LogP contribution is 2.25. The molecule has 0 saturated carbocycles. The third-order valence-corrected chi connectivity index (χ3v) is 2.31. The second-order valence-electron chi connectivity index (χ2n) is 3.86. The molecule has 0 bridgehead atoms. The molecule has 0 aromatic heterocycles. The summed E-state index contributed by atoms with van der Waals surface area (Å²) in [6.45, 7) is -2.68. The molecule has 0 heterocycles. The highest BCUT2D eigenvalue weighted by Gasteiger charge is 2.41. The van der Waals surface area contributed by atoms with E-state index in [4.69, 9.17) is 0 Å². The fourth-order valence-electron chi connectivity index (χ4n) is 1.26. The summed E-state index contributed by atoms with van der Waals surface area (Å²) < 4.78 is 91.3. The van der Waals surface area contributed by atoms with Crippen molar-refractivity contribution in [2.24, 2.45) is 0 Å². The van der Waals surface area contributed by atoms with E-state index in [9.17, 15) is 35.8 Å². The third kappa shape index (κ3) is 3.83. The second-order valence-corrected chi connectivity index (χ2v) is 3.86. The van der Waals surface area contributed by atoms with Crippen LogP contribution < -0.4 is 0 Å². The van der Waals surface area contributed by atoms with E-state index in [2.05, 4.69) is 4.74 Å². The zero-order valence-electron chi connectivity index (χ0n) is 9.72. The van der Waals surface area contributed by atoms with E-state index in [1.54, 1.807) is 0 Å². The Hall–Kier alpha value is -1.35. The van der Waals surface area contributed by atoms with Gasteiger partial charge in [-0.2, -0.15) is 8.78 Å². The molecule has 0 aliphatic heterocycles. The topological polar surface area (TPSA) is 29.5 Å². The van der Waals surface area contributed by atoms with Crippen molar-refractivity contribution in [1.82, 2.24) is 0 Å². The van der Waals surface area contributed by atoms with E-state index >= 15 is 0 Å². The van der Waals surface area contributed by atoms with Crippen molar-refractivity contribution in [3.63, 3.8) is 0 Å². The summed E-state index contributed by atoms with van der Waals surface area (Å²) in [5, 5.41) is 9.37. The maximum absolute atomic E-state index is 13.2. The molecule has 2 nitrogen and oxygen atoms in total. The van der Waals surface area contributed by atoms with Crippen molar-refractivity contribution in [2.45, 2.75) is 18.5 Å². The second kappa shape index (κ2) is 6.40. The molecule has 1 aromatic rings. The molecule has 1 rings (SSSR count). The van der Waals surface area contributed by atoms with Gasteiger partial charge in [0.2, 0.25) is 0 Å². The fourth-order valence-corrected chi connectivity index (χ4v) is 1.26. The molecular weight excluding hydrogens is 297 g/mol. The molecule has 0 aliphatic rings. The van der Waals surface area contributed by atoms with E-state index in [0.29, 0.717) is 12.1 Å². The van der Waals surface area contributed by atoms with Gasteiger partial charge in [0.25, 0.3) is 0 Å². The Morgan fingerprint density at radius 3 is 2.25 bits per heavy atom. The quantitative estimate of drug-likeness (QED) is 0.646. The van der Waals surface area contributed by atoms with Gasteiger partial charge in [-0.25, -0.2) is 22.0 Å². The molecular formula is C11H9F7O2. The van der Waals surface area contributed by atoms with Gasteiger partial charge in [0.15, 0.2) is 17.5 Å². The highest BCUT2D eigenvalue weighted by molar-refractivity contribution is 5.22. The third-order valence-electron chi connectivity index (χ3n) is 2.31. The summed E-state index contributed by atoms with van der Waals surface area (Å²) in [4.78, 5) is 0. The summed E-state index contributed by atoms with van der Waals surface area (Å²) in [7, 11) is 0. The first-order valence-electron chi connectivity index (χ1n) is 5.22. The average molecular weight is 306 g/mol. The van der Waals surface area contributed by atoms with Crippen molar-refractivity contribution in [3.8, 4) is 0 Å². The van der Waals surface area contributed by atoms with E-state index in [1.165, 1.54) is 0 Å². The van der Waals surface area contributed by atoms with Crippen LogP contribution in [0.15, 0.2) is 12.1 Å². The first-order valence-corrected chi connectivity index (χ1v) is 5.22. The Kier molecular flexibility index (Phi) is 5.35. The molecule has 1 aromatic carbocycles. The van der Waals surface area contributed by atoms with E-state index < -0.39 is 54.7 Å². The molecule has 0 aliphatic carbocycles. The van der Waals surface area contributed by atoms with Crippen molar-refractivity contribution < 1.29 is 40.6 Å². The van der Waals surface area contributed by atoms with Crippen LogP contribution in [0.5, 0.6) is 0 Å². The minimum absolute atomic E-state index is 0.519. The Balaban J connectivity index is 2.65. The first-order chi connectivity index (χ1) is 9.16. The number of aliphatic hydroxyl groups is 1. The van der Waals surface area contributed by atoms with Crippen LogP contribution >= 0.6 is 0 Å². The Morgan fingerprint density at radius 1 is 1.10 bits per heavy atom. The lowest BCUT2D eigenvalue weighted by atomic mass is 10.1. The maximum Gasteiger partial charge on any atom is 0.330 e. The number of halogens is 7. The molecule has 1 atom stereocenters. The fraction of sp³-hybridized carbons (Fsp3) is 0.455. The summed E-state index contributed by atoms with van der Waals surface area (Å²) in [5.74, 6) is -9.48.